The minimum Gasteiger partial charge on any atom is -0.490 e. The van der Waals surface area contributed by atoms with Crippen LogP contribution in [0.15, 0.2) is 24.3 Å². The second-order valence-corrected chi connectivity index (χ2v) is 6.23. The van der Waals surface area contributed by atoms with Gasteiger partial charge in [-0.25, -0.2) is 14.4 Å². The number of rotatable bonds is 4. The summed E-state index contributed by atoms with van der Waals surface area (Å²) in [5.74, 6) is 0.726. The monoisotopic (exact) mass is 354 g/mol. The Balaban J connectivity index is 1.79. The lowest BCUT2D eigenvalue weighted by Gasteiger charge is -2.08. The lowest BCUT2D eigenvalue weighted by atomic mass is 10.2. The van der Waals surface area contributed by atoms with Gasteiger partial charge in [0.25, 0.3) is 0 Å². The molecule has 4 N–H and O–H groups in total. The van der Waals surface area contributed by atoms with E-state index < -0.39 is 0 Å². The molecule has 2 heterocycles. The Kier molecular flexibility index (Phi) is 3.95. The van der Waals surface area contributed by atoms with Gasteiger partial charge >= 0.3 is 0 Å². The van der Waals surface area contributed by atoms with Gasteiger partial charge in [-0.05, 0) is 25.3 Å². The molecule has 0 saturated heterocycles. The van der Waals surface area contributed by atoms with Crippen LogP contribution in [0, 0.1) is 5.82 Å². The summed E-state index contributed by atoms with van der Waals surface area (Å²) in [6.07, 6.45) is 2.77. The quantitative estimate of drug-likeness (QED) is 0.744. The van der Waals surface area contributed by atoms with Gasteiger partial charge in [0.2, 0.25) is 5.75 Å². The van der Waals surface area contributed by atoms with E-state index in [1.165, 1.54) is 13.2 Å². The van der Waals surface area contributed by atoms with E-state index in [0.29, 0.717) is 23.6 Å². The van der Waals surface area contributed by atoms with Gasteiger partial charge in [0.05, 0.1) is 13.7 Å². The van der Waals surface area contributed by atoms with Crippen LogP contribution in [0.4, 0.5) is 16.0 Å². The first-order valence-corrected chi connectivity index (χ1v) is 8.37. The van der Waals surface area contributed by atoms with Gasteiger partial charge in [0.15, 0.2) is 17.5 Å². The fraction of sp³-hybridized carbons (Fsp3) is 0.278. The van der Waals surface area contributed by atoms with Crippen molar-refractivity contribution in [3.05, 3.63) is 46.9 Å². The van der Waals surface area contributed by atoms with Crippen molar-refractivity contribution in [1.82, 2.24) is 19.7 Å². The SMILES string of the molecule is COc1c(N)nc(-c2nn(Cc3ccccc3F)c3c2CCC3)nc1N. The molecule has 3 aromatic rings. The summed E-state index contributed by atoms with van der Waals surface area (Å²) < 4.78 is 21.0. The van der Waals surface area contributed by atoms with E-state index in [-0.39, 0.29) is 23.2 Å². The normalized spacial score (nSPS) is 13.0. The number of nitrogens with two attached hydrogens (primary N) is 2. The molecule has 8 heteroatoms. The highest BCUT2D eigenvalue weighted by Crippen LogP contribution is 2.34. The minimum atomic E-state index is -0.245. The maximum atomic E-state index is 14.0. The smallest absolute Gasteiger partial charge is 0.203 e. The number of nitrogens with zero attached hydrogens (tertiary/aromatic N) is 4. The van der Waals surface area contributed by atoms with Gasteiger partial charge in [-0.1, -0.05) is 18.2 Å². The zero-order valence-corrected chi connectivity index (χ0v) is 14.4. The number of benzene rings is 1. The van der Waals surface area contributed by atoms with Crippen LogP contribution in [0.5, 0.6) is 5.75 Å². The number of nitrogen functional groups attached to an aromatic ring is 2. The summed E-state index contributed by atoms with van der Waals surface area (Å²) in [7, 11) is 1.46. The summed E-state index contributed by atoms with van der Waals surface area (Å²) in [5.41, 5.74) is 15.2. The first-order valence-electron chi connectivity index (χ1n) is 8.37. The molecule has 0 bridgehead atoms. The molecule has 0 spiro atoms. The Labute approximate surface area is 149 Å². The standard InChI is InChI=1S/C18H19FN6O/c1-26-15-16(20)22-18(23-17(15)21)14-11-6-4-8-13(11)25(24-14)9-10-5-2-3-7-12(10)19/h2-3,5,7H,4,6,8-9H2,1H3,(H4,20,21,22,23). The van der Waals surface area contributed by atoms with Crippen molar-refractivity contribution in [2.75, 3.05) is 18.6 Å². The van der Waals surface area contributed by atoms with Crippen molar-refractivity contribution in [3.8, 4) is 17.3 Å². The Morgan fingerprint density at radius 3 is 2.58 bits per heavy atom. The number of methoxy groups -OCH3 is 1. The molecule has 26 heavy (non-hydrogen) atoms. The highest BCUT2D eigenvalue weighted by molar-refractivity contribution is 5.67. The largest absolute Gasteiger partial charge is 0.490 e. The predicted molar refractivity (Wildman–Crippen MR) is 96.2 cm³/mol. The van der Waals surface area contributed by atoms with E-state index in [2.05, 4.69) is 15.1 Å². The van der Waals surface area contributed by atoms with Gasteiger partial charge in [0.1, 0.15) is 11.5 Å². The third-order valence-electron chi connectivity index (χ3n) is 4.62. The maximum Gasteiger partial charge on any atom is 0.203 e. The molecule has 0 saturated carbocycles. The van der Waals surface area contributed by atoms with Crippen molar-refractivity contribution in [1.29, 1.82) is 0 Å². The topological polar surface area (TPSA) is 105 Å². The summed E-state index contributed by atoms with van der Waals surface area (Å²) in [6.45, 7) is 0.357. The molecule has 0 fully saturated rings. The van der Waals surface area contributed by atoms with Crippen molar-refractivity contribution in [2.24, 2.45) is 0 Å². The summed E-state index contributed by atoms with van der Waals surface area (Å²) >= 11 is 0. The molecule has 7 nitrogen and oxygen atoms in total. The molecule has 1 aliphatic rings. The van der Waals surface area contributed by atoms with Gasteiger partial charge < -0.3 is 16.2 Å². The fourth-order valence-corrected chi connectivity index (χ4v) is 3.41. The Morgan fingerprint density at radius 2 is 1.88 bits per heavy atom. The third kappa shape index (κ3) is 2.63. The van der Waals surface area contributed by atoms with Crippen LogP contribution < -0.4 is 16.2 Å². The summed E-state index contributed by atoms with van der Waals surface area (Å²) in [5, 5.41) is 4.65. The molecular weight excluding hydrogens is 335 g/mol. The zero-order chi connectivity index (χ0) is 18.3. The van der Waals surface area contributed by atoms with Crippen LogP contribution in [0.3, 0.4) is 0 Å². The molecule has 134 valence electrons. The molecule has 0 unspecified atom stereocenters. The van der Waals surface area contributed by atoms with Crippen LogP contribution >= 0.6 is 0 Å². The van der Waals surface area contributed by atoms with Gasteiger partial charge in [-0.3, -0.25) is 4.68 Å². The number of aromatic nitrogens is 4. The molecule has 2 aromatic heterocycles. The average Bonchev–Trinajstić information content (AvgIpc) is 3.20. The van der Waals surface area contributed by atoms with E-state index in [0.717, 1.165) is 30.5 Å². The summed E-state index contributed by atoms with van der Waals surface area (Å²) in [6, 6.07) is 6.71. The number of hydrogen-bond donors (Lipinski definition) is 2. The average molecular weight is 354 g/mol. The molecule has 0 atom stereocenters. The molecule has 4 rings (SSSR count). The molecular formula is C18H19FN6O. The highest BCUT2D eigenvalue weighted by Gasteiger charge is 2.26. The lowest BCUT2D eigenvalue weighted by Crippen LogP contribution is -2.08. The van der Waals surface area contributed by atoms with Crippen molar-refractivity contribution in [3.63, 3.8) is 0 Å². The van der Waals surface area contributed by atoms with E-state index in [1.54, 1.807) is 12.1 Å². The van der Waals surface area contributed by atoms with Crippen molar-refractivity contribution >= 4 is 11.6 Å². The van der Waals surface area contributed by atoms with E-state index in [4.69, 9.17) is 16.2 Å². The molecule has 0 amide bonds. The van der Waals surface area contributed by atoms with E-state index in [9.17, 15) is 4.39 Å². The Morgan fingerprint density at radius 1 is 1.15 bits per heavy atom. The van der Waals surface area contributed by atoms with Gasteiger partial charge in [-0.2, -0.15) is 5.10 Å². The van der Waals surface area contributed by atoms with Gasteiger partial charge in [-0.15, -0.1) is 0 Å². The molecule has 0 aliphatic heterocycles. The number of halogens is 1. The van der Waals surface area contributed by atoms with Crippen molar-refractivity contribution in [2.45, 2.75) is 25.8 Å². The third-order valence-corrected chi connectivity index (χ3v) is 4.62. The zero-order valence-electron chi connectivity index (χ0n) is 14.4. The van der Waals surface area contributed by atoms with Gasteiger partial charge in [0, 0.05) is 16.8 Å². The molecule has 1 aliphatic carbocycles. The number of hydrogen-bond acceptors (Lipinski definition) is 6. The molecule has 1 aromatic carbocycles. The first kappa shape index (κ1) is 16.3. The lowest BCUT2D eigenvalue weighted by molar-refractivity contribution is 0.416. The minimum absolute atomic E-state index is 0.172. The second kappa shape index (κ2) is 6.29. The number of fused-ring (bicyclic) bond motifs is 1. The molecule has 0 radical (unpaired) electrons. The fourth-order valence-electron chi connectivity index (χ4n) is 3.41. The van der Waals surface area contributed by atoms with Crippen LogP contribution in [-0.2, 0) is 19.4 Å². The van der Waals surface area contributed by atoms with E-state index in [1.807, 2.05) is 10.7 Å². The van der Waals surface area contributed by atoms with Crippen molar-refractivity contribution < 1.29 is 9.13 Å². The Bertz CT molecular complexity index is 961. The maximum absolute atomic E-state index is 14.0. The highest BCUT2D eigenvalue weighted by atomic mass is 19.1. The first-order chi connectivity index (χ1) is 12.6. The second-order valence-electron chi connectivity index (χ2n) is 6.23. The van der Waals surface area contributed by atoms with Crippen LogP contribution in [0.25, 0.3) is 11.5 Å². The van der Waals surface area contributed by atoms with Crippen LogP contribution in [-0.4, -0.2) is 26.9 Å². The number of anilines is 2. The predicted octanol–water partition coefficient (Wildman–Crippen LogP) is 2.19. The Hall–Kier alpha value is -3.16. The number of ether oxygens (including phenoxy) is 1. The van der Waals surface area contributed by atoms with Crippen LogP contribution in [0.1, 0.15) is 23.2 Å². The van der Waals surface area contributed by atoms with Crippen LogP contribution in [0.2, 0.25) is 0 Å². The summed E-state index contributed by atoms with van der Waals surface area (Å²) in [4.78, 5) is 8.60. The van der Waals surface area contributed by atoms with E-state index >= 15 is 0 Å².